The van der Waals surface area contributed by atoms with Crippen molar-refractivity contribution in [1.82, 2.24) is 0 Å². The van der Waals surface area contributed by atoms with Crippen LogP contribution in [0.5, 0.6) is 23.0 Å². The van der Waals surface area contributed by atoms with Crippen molar-refractivity contribution in [3.63, 3.8) is 0 Å². The Kier molecular flexibility index (Phi) is 4.99. The number of nitrogens with zero attached hydrogens (tertiary/aromatic N) is 1. The van der Waals surface area contributed by atoms with E-state index in [1.807, 2.05) is 48.5 Å². The van der Waals surface area contributed by atoms with Crippen molar-refractivity contribution in [2.75, 3.05) is 19.1 Å². The van der Waals surface area contributed by atoms with E-state index in [-0.39, 0.29) is 17.7 Å². The van der Waals surface area contributed by atoms with Gasteiger partial charge in [0.1, 0.15) is 29.0 Å². The number of aromatic hydroxyl groups is 1. The Hall–Kier alpha value is -3.67. The van der Waals surface area contributed by atoms with Crippen molar-refractivity contribution in [2.24, 2.45) is 0 Å². The molecule has 6 nitrogen and oxygen atoms in total. The second-order valence-electron chi connectivity index (χ2n) is 6.66. The van der Waals surface area contributed by atoms with Crippen molar-refractivity contribution in [3.8, 4) is 23.0 Å². The molecular weight excluding hydrogens is 370 g/mol. The molecule has 1 aliphatic rings. The summed E-state index contributed by atoms with van der Waals surface area (Å²) in [6, 6.07) is 21.0. The third-order valence-electron chi connectivity index (χ3n) is 4.95. The van der Waals surface area contributed by atoms with Gasteiger partial charge in [0.05, 0.1) is 14.2 Å². The highest BCUT2D eigenvalue weighted by molar-refractivity contribution is 6.05. The Morgan fingerprint density at radius 2 is 1.28 bits per heavy atom. The van der Waals surface area contributed by atoms with Gasteiger partial charge in [-0.3, -0.25) is 9.69 Å². The minimum Gasteiger partial charge on any atom is -0.508 e. The van der Waals surface area contributed by atoms with Gasteiger partial charge in [-0.1, -0.05) is 12.1 Å². The molecule has 1 saturated heterocycles. The molecule has 148 valence electrons. The van der Waals surface area contributed by atoms with Gasteiger partial charge in [0.2, 0.25) is 6.10 Å². The monoisotopic (exact) mass is 391 g/mol. The fourth-order valence-electron chi connectivity index (χ4n) is 3.40. The number of carbonyl (C=O) groups is 1. The van der Waals surface area contributed by atoms with Crippen LogP contribution in [-0.4, -0.2) is 31.3 Å². The van der Waals surface area contributed by atoms with E-state index in [2.05, 4.69) is 0 Å². The molecule has 0 radical (unpaired) electrons. The zero-order chi connectivity index (χ0) is 20.4. The molecule has 0 saturated carbocycles. The summed E-state index contributed by atoms with van der Waals surface area (Å²) >= 11 is 0. The number of anilines is 1. The van der Waals surface area contributed by atoms with Crippen LogP contribution in [0.25, 0.3) is 0 Å². The van der Waals surface area contributed by atoms with Gasteiger partial charge in [-0.25, -0.2) is 0 Å². The SMILES string of the molecule is COc1ccc([C@@H]2[C@H](Oc3ccc(O)cc3)C(=O)N2c2ccc(OC)cc2)cc1. The lowest BCUT2D eigenvalue weighted by Crippen LogP contribution is -2.61. The van der Waals surface area contributed by atoms with Crippen molar-refractivity contribution >= 4 is 11.6 Å². The lowest BCUT2D eigenvalue weighted by atomic mass is 9.89. The van der Waals surface area contributed by atoms with Gasteiger partial charge in [-0.05, 0) is 66.2 Å². The van der Waals surface area contributed by atoms with E-state index in [0.29, 0.717) is 5.75 Å². The Bertz CT molecular complexity index is 983. The summed E-state index contributed by atoms with van der Waals surface area (Å²) in [7, 11) is 3.22. The molecule has 0 aliphatic carbocycles. The Morgan fingerprint density at radius 3 is 1.83 bits per heavy atom. The van der Waals surface area contributed by atoms with Gasteiger partial charge in [0.15, 0.2) is 0 Å². The molecule has 3 aromatic carbocycles. The van der Waals surface area contributed by atoms with E-state index in [4.69, 9.17) is 14.2 Å². The first-order chi connectivity index (χ1) is 14.1. The number of rotatable bonds is 6. The topological polar surface area (TPSA) is 68.2 Å². The van der Waals surface area contributed by atoms with Crippen molar-refractivity contribution in [3.05, 3.63) is 78.4 Å². The molecule has 4 rings (SSSR count). The number of hydrogen-bond acceptors (Lipinski definition) is 5. The van der Waals surface area contributed by atoms with Crippen molar-refractivity contribution < 1.29 is 24.1 Å². The molecule has 0 bridgehead atoms. The van der Waals surface area contributed by atoms with Gasteiger partial charge in [0.25, 0.3) is 5.91 Å². The van der Waals surface area contributed by atoms with Gasteiger partial charge in [-0.2, -0.15) is 0 Å². The molecule has 29 heavy (non-hydrogen) atoms. The molecule has 6 heteroatoms. The standard InChI is InChI=1S/C23H21NO5/c1-27-18-9-3-15(4-10-18)21-22(29-20-13-7-17(25)8-14-20)23(26)24(21)16-5-11-19(28-2)12-6-16/h3-14,21-22,25H,1-2H3/t21-,22+/m1/s1. The average Bonchev–Trinajstić information content (AvgIpc) is 2.77. The Morgan fingerprint density at radius 1 is 0.759 bits per heavy atom. The van der Waals surface area contributed by atoms with Gasteiger partial charge >= 0.3 is 0 Å². The Labute approximate surface area is 168 Å². The van der Waals surface area contributed by atoms with Gasteiger partial charge < -0.3 is 19.3 Å². The van der Waals surface area contributed by atoms with E-state index < -0.39 is 6.10 Å². The maximum Gasteiger partial charge on any atom is 0.271 e. The highest BCUT2D eigenvalue weighted by Gasteiger charge is 2.51. The van der Waals surface area contributed by atoms with Crippen LogP contribution >= 0.6 is 0 Å². The predicted octanol–water partition coefficient (Wildman–Crippen LogP) is 3.94. The zero-order valence-electron chi connectivity index (χ0n) is 16.1. The smallest absolute Gasteiger partial charge is 0.271 e. The number of β-lactam (4-membered cyclic amide) rings is 1. The number of methoxy groups -OCH3 is 2. The third-order valence-corrected chi connectivity index (χ3v) is 4.95. The number of phenols is 1. The summed E-state index contributed by atoms with van der Waals surface area (Å²) in [5.74, 6) is 1.99. The molecule has 0 spiro atoms. The summed E-state index contributed by atoms with van der Waals surface area (Å²) in [4.78, 5) is 14.7. The fourth-order valence-corrected chi connectivity index (χ4v) is 3.40. The highest BCUT2D eigenvalue weighted by atomic mass is 16.5. The molecule has 1 aliphatic heterocycles. The number of carbonyl (C=O) groups excluding carboxylic acids is 1. The normalized spacial score (nSPS) is 18.1. The minimum absolute atomic E-state index is 0.135. The van der Waals surface area contributed by atoms with Crippen LogP contribution < -0.4 is 19.1 Å². The lowest BCUT2D eigenvalue weighted by Gasteiger charge is -2.46. The van der Waals surface area contributed by atoms with E-state index in [0.717, 1.165) is 22.7 Å². The van der Waals surface area contributed by atoms with Crippen LogP contribution in [0.15, 0.2) is 72.8 Å². The van der Waals surface area contributed by atoms with E-state index in [1.165, 1.54) is 12.1 Å². The predicted molar refractivity (Wildman–Crippen MR) is 109 cm³/mol. The van der Waals surface area contributed by atoms with Crippen LogP contribution in [0.2, 0.25) is 0 Å². The van der Waals surface area contributed by atoms with E-state index >= 15 is 0 Å². The second-order valence-corrected chi connectivity index (χ2v) is 6.66. The molecule has 1 fully saturated rings. The van der Waals surface area contributed by atoms with Gasteiger partial charge in [0, 0.05) is 5.69 Å². The third kappa shape index (κ3) is 3.57. The molecule has 2 atom stereocenters. The number of hydrogen-bond donors (Lipinski definition) is 1. The molecular formula is C23H21NO5. The summed E-state index contributed by atoms with van der Waals surface area (Å²) in [5, 5.41) is 9.47. The van der Waals surface area contributed by atoms with Crippen molar-refractivity contribution in [1.29, 1.82) is 0 Å². The van der Waals surface area contributed by atoms with Crippen LogP contribution in [-0.2, 0) is 4.79 Å². The first-order valence-electron chi connectivity index (χ1n) is 9.17. The molecule has 1 N–H and O–H groups in total. The molecule has 0 unspecified atom stereocenters. The van der Waals surface area contributed by atoms with Crippen LogP contribution in [0.3, 0.4) is 0 Å². The summed E-state index contributed by atoms with van der Waals surface area (Å²) in [6.07, 6.45) is -0.671. The van der Waals surface area contributed by atoms with Crippen LogP contribution in [0.4, 0.5) is 5.69 Å². The average molecular weight is 391 g/mol. The number of amides is 1. The number of ether oxygens (including phenoxy) is 3. The van der Waals surface area contributed by atoms with Crippen LogP contribution in [0.1, 0.15) is 11.6 Å². The summed E-state index contributed by atoms with van der Waals surface area (Å²) in [6.45, 7) is 0. The van der Waals surface area contributed by atoms with E-state index in [9.17, 15) is 9.90 Å². The lowest BCUT2D eigenvalue weighted by molar-refractivity contribution is -0.135. The summed E-state index contributed by atoms with van der Waals surface area (Å²) in [5.41, 5.74) is 1.70. The van der Waals surface area contributed by atoms with Gasteiger partial charge in [-0.15, -0.1) is 0 Å². The Balaban J connectivity index is 1.66. The molecule has 1 heterocycles. The van der Waals surface area contributed by atoms with Crippen LogP contribution in [0, 0.1) is 0 Å². The quantitative estimate of drug-likeness (QED) is 0.645. The van der Waals surface area contributed by atoms with E-state index in [1.54, 1.807) is 31.3 Å². The number of benzene rings is 3. The maximum absolute atomic E-state index is 13.0. The fraction of sp³-hybridized carbons (Fsp3) is 0.174. The second kappa shape index (κ2) is 7.75. The summed E-state index contributed by atoms with van der Waals surface area (Å²) < 4.78 is 16.4. The van der Waals surface area contributed by atoms with Crippen molar-refractivity contribution in [2.45, 2.75) is 12.1 Å². The minimum atomic E-state index is -0.671. The first-order valence-corrected chi connectivity index (χ1v) is 9.17. The maximum atomic E-state index is 13.0. The first kappa shape index (κ1) is 18.7. The molecule has 0 aromatic heterocycles. The number of phenolic OH excluding ortho intramolecular Hbond substituents is 1. The largest absolute Gasteiger partial charge is 0.508 e. The molecule has 1 amide bonds. The molecule has 3 aromatic rings. The highest BCUT2D eigenvalue weighted by Crippen LogP contribution is 2.42. The zero-order valence-corrected chi connectivity index (χ0v) is 16.1.